The summed E-state index contributed by atoms with van der Waals surface area (Å²) in [5.41, 5.74) is 1.47. The second-order valence-corrected chi connectivity index (χ2v) is 4.21. The zero-order valence-electron chi connectivity index (χ0n) is 9.05. The first-order chi connectivity index (χ1) is 7.50. The van der Waals surface area contributed by atoms with Gasteiger partial charge in [0.25, 0.3) is 5.91 Å². The van der Waals surface area contributed by atoms with Crippen molar-refractivity contribution in [1.29, 1.82) is 0 Å². The number of allylic oxidation sites excluding steroid dienone is 1. The lowest BCUT2D eigenvalue weighted by atomic mass is 10.2. The number of rotatable bonds is 3. The quantitative estimate of drug-likeness (QED) is 0.669. The summed E-state index contributed by atoms with van der Waals surface area (Å²) < 4.78 is 0. The van der Waals surface area contributed by atoms with Crippen molar-refractivity contribution in [1.82, 2.24) is 10.3 Å². The number of halogens is 2. The molecule has 0 atom stereocenters. The van der Waals surface area contributed by atoms with E-state index in [2.05, 4.69) is 10.3 Å². The smallest absolute Gasteiger partial charge is 0.254 e. The third-order valence-electron chi connectivity index (χ3n) is 1.83. The summed E-state index contributed by atoms with van der Waals surface area (Å²) in [6.45, 7) is 4.39. The number of hydrogen-bond acceptors (Lipinski definition) is 2. The van der Waals surface area contributed by atoms with Crippen molar-refractivity contribution in [3.05, 3.63) is 39.7 Å². The topological polar surface area (TPSA) is 42.0 Å². The Labute approximate surface area is 104 Å². The summed E-state index contributed by atoms with van der Waals surface area (Å²) >= 11 is 11.4. The predicted octanol–water partition coefficient (Wildman–Crippen LogP) is 3.08. The van der Waals surface area contributed by atoms with E-state index in [1.165, 1.54) is 6.07 Å². The molecule has 0 saturated carbocycles. The van der Waals surface area contributed by atoms with E-state index in [1.807, 2.05) is 19.9 Å². The number of amides is 1. The highest BCUT2D eigenvalue weighted by molar-refractivity contribution is 6.34. The lowest BCUT2D eigenvalue weighted by Gasteiger charge is -2.04. The second-order valence-electron chi connectivity index (χ2n) is 3.46. The molecule has 1 heterocycles. The minimum Gasteiger partial charge on any atom is -0.348 e. The first kappa shape index (κ1) is 13.0. The Balaban J connectivity index is 2.70. The highest BCUT2D eigenvalue weighted by Gasteiger charge is 2.10. The standard InChI is InChI=1S/C11H12Cl2N2O/c1-7(2)5-6-14-11(16)8-3-4-9(12)15-10(8)13/h3-5H,6H2,1-2H3,(H,14,16). The summed E-state index contributed by atoms with van der Waals surface area (Å²) in [4.78, 5) is 15.4. The van der Waals surface area contributed by atoms with E-state index >= 15 is 0 Å². The molecule has 0 bridgehead atoms. The number of carbonyl (C=O) groups excluding carboxylic acids is 1. The normalized spacial score (nSPS) is 9.75. The zero-order chi connectivity index (χ0) is 12.1. The molecule has 0 spiro atoms. The number of nitrogens with zero attached hydrogens (tertiary/aromatic N) is 1. The largest absolute Gasteiger partial charge is 0.348 e. The van der Waals surface area contributed by atoms with Crippen LogP contribution in [0.3, 0.4) is 0 Å². The van der Waals surface area contributed by atoms with E-state index in [1.54, 1.807) is 6.07 Å². The number of pyridine rings is 1. The van der Waals surface area contributed by atoms with E-state index in [-0.39, 0.29) is 16.2 Å². The van der Waals surface area contributed by atoms with Crippen molar-refractivity contribution in [2.24, 2.45) is 0 Å². The molecule has 1 rings (SSSR count). The van der Waals surface area contributed by atoms with Crippen LogP contribution in [0.1, 0.15) is 24.2 Å². The lowest BCUT2D eigenvalue weighted by Crippen LogP contribution is -2.24. The van der Waals surface area contributed by atoms with Gasteiger partial charge in [0, 0.05) is 6.54 Å². The van der Waals surface area contributed by atoms with E-state index in [4.69, 9.17) is 23.2 Å². The van der Waals surface area contributed by atoms with Gasteiger partial charge in [-0.2, -0.15) is 0 Å². The molecule has 0 aromatic carbocycles. The molecule has 0 saturated heterocycles. The molecule has 86 valence electrons. The SMILES string of the molecule is CC(C)=CCNC(=O)c1ccc(Cl)nc1Cl. The Morgan fingerprint density at radius 1 is 1.44 bits per heavy atom. The van der Waals surface area contributed by atoms with Gasteiger partial charge in [0.2, 0.25) is 0 Å². The van der Waals surface area contributed by atoms with Gasteiger partial charge in [-0.05, 0) is 26.0 Å². The number of hydrogen-bond donors (Lipinski definition) is 1. The third-order valence-corrected chi connectivity index (χ3v) is 2.33. The van der Waals surface area contributed by atoms with Crippen LogP contribution in [0.25, 0.3) is 0 Å². The number of aromatic nitrogens is 1. The summed E-state index contributed by atoms with van der Waals surface area (Å²) in [5, 5.41) is 3.09. The van der Waals surface area contributed by atoms with Crippen LogP contribution >= 0.6 is 23.2 Å². The summed E-state index contributed by atoms with van der Waals surface area (Å²) in [6.07, 6.45) is 1.91. The molecule has 16 heavy (non-hydrogen) atoms. The monoisotopic (exact) mass is 258 g/mol. The van der Waals surface area contributed by atoms with Crippen LogP contribution < -0.4 is 5.32 Å². The Morgan fingerprint density at radius 2 is 2.12 bits per heavy atom. The minimum atomic E-state index is -0.258. The van der Waals surface area contributed by atoms with Crippen molar-refractivity contribution < 1.29 is 4.79 Å². The van der Waals surface area contributed by atoms with E-state index < -0.39 is 0 Å². The van der Waals surface area contributed by atoms with Gasteiger partial charge >= 0.3 is 0 Å². The average molecular weight is 259 g/mol. The van der Waals surface area contributed by atoms with Crippen LogP contribution in [-0.4, -0.2) is 17.4 Å². The Bertz CT molecular complexity index is 426. The van der Waals surface area contributed by atoms with Gasteiger partial charge in [-0.3, -0.25) is 4.79 Å². The molecule has 1 amide bonds. The van der Waals surface area contributed by atoms with Gasteiger partial charge in [-0.1, -0.05) is 34.9 Å². The van der Waals surface area contributed by atoms with Crippen LogP contribution in [0.2, 0.25) is 10.3 Å². The van der Waals surface area contributed by atoms with Crippen molar-refractivity contribution in [3.63, 3.8) is 0 Å². The molecule has 5 heteroatoms. The van der Waals surface area contributed by atoms with Crippen LogP contribution in [-0.2, 0) is 0 Å². The highest BCUT2D eigenvalue weighted by atomic mass is 35.5. The maximum Gasteiger partial charge on any atom is 0.254 e. The maximum atomic E-state index is 11.7. The van der Waals surface area contributed by atoms with Crippen molar-refractivity contribution in [2.45, 2.75) is 13.8 Å². The molecular formula is C11H12Cl2N2O. The molecule has 1 aromatic rings. The Kier molecular flexibility index (Phi) is 4.77. The van der Waals surface area contributed by atoms with Crippen molar-refractivity contribution in [2.75, 3.05) is 6.54 Å². The maximum absolute atomic E-state index is 11.7. The number of nitrogens with one attached hydrogen (secondary N) is 1. The fourth-order valence-corrected chi connectivity index (χ4v) is 1.46. The van der Waals surface area contributed by atoms with E-state index in [0.29, 0.717) is 12.1 Å². The predicted molar refractivity (Wildman–Crippen MR) is 66.0 cm³/mol. The molecule has 0 aliphatic carbocycles. The van der Waals surface area contributed by atoms with Crippen LogP contribution in [0.4, 0.5) is 0 Å². The molecule has 1 aromatic heterocycles. The van der Waals surface area contributed by atoms with Crippen LogP contribution in [0.15, 0.2) is 23.8 Å². The fourth-order valence-electron chi connectivity index (χ4n) is 1.02. The fraction of sp³-hybridized carbons (Fsp3) is 0.273. The van der Waals surface area contributed by atoms with Gasteiger partial charge < -0.3 is 5.32 Å². The molecule has 0 fully saturated rings. The number of carbonyl (C=O) groups is 1. The van der Waals surface area contributed by atoms with Crippen LogP contribution in [0.5, 0.6) is 0 Å². The molecule has 3 nitrogen and oxygen atoms in total. The first-order valence-corrected chi connectivity index (χ1v) is 5.50. The molecule has 0 aliphatic rings. The zero-order valence-corrected chi connectivity index (χ0v) is 10.6. The van der Waals surface area contributed by atoms with Gasteiger partial charge in [0.1, 0.15) is 10.3 Å². The minimum absolute atomic E-state index is 0.113. The second kappa shape index (κ2) is 5.87. The lowest BCUT2D eigenvalue weighted by molar-refractivity contribution is 0.0958. The van der Waals surface area contributed by atoms with Gasteiger partial charge in [-0.25, -0.2) is 4.98 Å². The summed E-state index contributed by atoms with van der Waals surface area (Å²) in [5.74, 6) is -0.258. The average Bonchev–Trinajstić information content (AvgIpc) is 2.16. The van der Waals surface area contributed by atoms with Crippen molar-refractivity contribution in [3.8, 4) is 0 Å². The molecular weight excluding hydrogens is 247 g/mol. The van der Waals surface area contributed by atoms with Gasteiger partial charge in [0.05, 0.1) is 5.56 Å². The van der Waals surface area contributed by atoms with Gasteiger partial charge in [-0.15, -0.1) is 0 Å². The van der Waals surface area contributed by atoms with Crippen molar-refractivity contribution >= 4 is 29.1 Å². The Morgan fingerprint density at radius 3 is 2.69 bits per heavy atom. The molecule has 0 radical (unpaired) electrons. The summed E-state index contributed by atoms with van der Waals surface area (Å²) in [6, 6.07) is 3.08. The Hall–Kier alpha value is -1.06. The first-order valence-electron chi connectivity index (χ1n) is 4.74. The molecule has 1 N–H and O–H groups in total. The van der Waals surface area contributed by atoms with E-state index in [9.17, 15) is 4.79 Å². The van der Waals surface area contributed by atoms with E-state index in [0.717, 1.165) is 5.57 Å². The highest BCUT2D eigenvalue weighted by Crippen LogP contribution is 2.16. The van der Waals surface area contributed by atoms with Gasteiger partial charge in [0.15, 0.2) is 0 Å². The molecule has 0 unspecified atom stereocenters. The van der Waals surface area contributed by atoms with Crippen LogP contribution in [0, 0.1) is 0 Å². The summed E-state index contributed by atoms with van der Waals surface area (Å²) in [7, 11) is 0. The molecule has 0 aliphatic heterocycles. The third kappa shape index (κ3) is 3.83.